The second-order valence-corrected chi connectivity index (χ2v) is 4.07. The standard InChI is InChI=1S/C14H17N3O/c1-11-9-14(17-10-16-11)15-8-7-12-3-5-13(18-2)6-4-12/h3-6,9-10H,7-8H2,1-2H3,(H,15,16,17). The van der Waals surface area contributed by atoms with Gasteiger partial charge >= 0.3 is 0 Å². The molecular weight excluding hydrogens is 226 g/mol. The Kier molecular flexibility index (Phi) is 4.12. The van der Waals surface area contributed by atoms with Crippen LogP contribution < -0.4 is 10.1 Å². The molecule has 2 rings (SSSR count). The lowest BCUT2D eigenvalue weighted by Gasteiger charge is -2.06. The molecule has 4 heteroatoms. The van der Waals surface area contributed by atoms with Crippen molar-refractivity contribution in [1.29, 1.82) is 0 Å². The van der Waals surface area contributed by atoms with E-state index in [9.17, 15) is 0 Å². The number of ether oxygens (including phenoxy) is 1. The number of rotatable bonds is 5. The lowest BCUT2D eigenvalue weighted by molar-refractivity contribution is 0.414. The molecule has 0 unspecified atom stereocenters. The van der Waals surface area contributed by atoms with Crippen molar-refractivity contribution < 1.29 is 4.74 Å². The van der Waals surface area contributed by atoms with E-state index in [0.29, 0.717) is 0 Å². The zero-order valence-electron chi connectivity index (χ0n) is 10.7. The molecule has 0 aliphatic heterocycles. The van der Waals surface area contributed by atoms with Gasteiger partial charge in [-0.2, -0.15) is 0 Å². The van der Waals surface area contributed by atoms with Crippen molar-refractivity contribution in [2.75, 3.05) is 19.0 Å². The molecule has 1 heterocycles. The summed E-state index contributed by atoms with van der Waals surface area (Å²) in [5.41, 5.74) is 2.24. The summed E-state index contributed by atoms with van der Waals surface area (Å²) in [5.74, 6) is 1.76. The minimum Gasteiger partial charge on any atom is -0.497 e. The average Bonchev–Trinajstić information content (AvgIpc) is 2.40. The van der Waals surface area contributed by atoms with Crippen molar-refractivity contribution >= 4 is 5.82 Å². The van der Waals surface area contributed by atoms with Gasteiger partial charge in [-0.15, -0.1) is 0 Å². The number of hydrogen-bond donors (Lipinski definition) is 1. The molecule has 0 aliphatic carbocycles. The van der Waals surface area contributed by atoms with Crippen molar-refractivity contribution in [2.24, 2.45) is 0 Å². The van der Waals surface area contributed by atoms with Crippen LogP contribution in [0.5, 0.6) is 5.75 Å². The molecule has 1 N–H and O–H groups in total. The predicted molar refractivity (Wildman–Crippen MR) is 72.0 cm³/mol. The molecule has 0 atom stereocenters. The highest BCUT2D eigenvalue weighted by Gasteiger charge is 1.97. The summed E-state index contributed by atoms with van der Waals surface area (Å²) in [7, 11) is 1.67. The van der Waals surface area contributed by atoms with Gasteiger partial charge in [-0.3, -0.25) is 0 Å². The molecule has 0 spiro atoms. The Labute approximate surface area is 107 Å². The monoisotopic (exact) mass is 243 g/mol. The first-order valence-corrected chi connectivity index (χ1v) is 5.93. The average molecular weight is 243 g/mol. The maximum absolute atomic E-state index is 5.12. The molecule has 0 fully saturated rings. The molecule has 0 bridgehead atoms. The minimum absolute atomic E-state index is 0.850. The van der Waals surface area contributed by atoms with Crippen molar-refractivity contribution in [3.63, 3.8) is 0 Å². The van der Waals surface area contributed by atoms with E-state index < -0.39 is 0 Å². The van der Waals surface area contributed by atoms with Crippen molar-refractivity contribution in [3.8, 4) is 5.75 Å². The Balaban J connectivity index is 1.84. The van der Waals surface area contributed by atoms with Crippen LogP contribution in [0, 0.1) is 6.92 Å². The first-order chi connectivity index (χ1) is 8.78. The first-order valence-electron chi connectivity index (χ1n) is 5.93. The van der Waals surface area contributed by atoms with E-state index in [1.807, 2.05) is 25.1 Å². The van der Waals surface area contributed by atoms with Crippen LogP contribution >= 0.6 is 0 Å². The molecule has 0 radical (unpaired) electrons. The van der Waals surface area contributed by atoms with Gasteiger partial charge in [0.1, 0.15) is 17.9 Å². The predicted octanol–water partition coefficient (Wildman–Crippen LogP) is 2.45. The van der Waals surface area contributed by atoms with Crippen LogP contribution in [0.4, 0.5) is 5.82 Å². The number of aromatic nitrogens is 2. The molecule has 1 aromatic heterocycles. The lowest BCUT2D eigenvalue weighted by Crippen LogP contribution is -2.06. The van der Waals surface area contributed by atoms with Crippen LogP contribution in [0.15, 0.2) is 36.7 Å². The molecule has 2 aromatic rings. The van der Waals surface area contributed by atoms with Gasteiger partial charge in [0.2, 0.25) is 0 Å². The zero-order valence-corrected chi connectivity index (χ0v) is 10.7. The van der Waals surface area contributed by atoms with Gasteiger partial charge in [0, 0.05) is 18.3 Å². The van der Waals surface area contributed by atoms with Gasteiger partial charge in [0.05, 0.1) is 7.11 Å². The smallest absolute Gasteiger partial charge is 0.129 e. The van der Waals surface area contributed by atoms with E-state index in [0.717, 1.165) is 30.2 Å². The maximum Gasteiger partial charge on any atom is 0.129 e. The van der Waals surface area contributed by atoms with Gasteiger partial charge in [0.15, 0.2) is 0 Å². The van der Waals surface area contributed by atoms with E-state index in [1.54, 1.807) is 13.4 Å². The fraction of sp³-hybridized carbons (Fsp3) is 0.286. The third-order valence-electron chi connectivity index (χ3n) is 2.68. The number of nitrogens with zero attached hydrogens (tertiary/aromatic N) is 2. The maximum atomic E-state index is 5.12. The van der Waals surface area contributed by atoms with Crippen LogP contribution in [0.2, 0.25) is 0 Å². The number of aryl methyl sites for hydroxylation is 1. The van der Waals surface area contributed by atoms with E-state index >= 15 is 0 Å². The summed E-state index contributed by atoms with van der Waals surface area (Å²) in [6.45, 7) is 2.80. The molecule has 94 valence electrons. The normalized spacial score (nSPS) is 10.1. The lowest BCUT2D eigenvalue weighted by atomic mass is 10.1. The summed E-state index contributed by atoms with van der Waals surface area (Å²) < 4.78 is 5.12. The third-order valence-corrected chi connectivity index (χ3v) is 2.68. The van der Waals surface area contributed by atoms with E-state index in [-0.39, 0.29) is 0 Å². The summed E-state index contributed by atoms with van der Waals surface area (Å²) in [4.78, 5) is 8.22. The van der Waals surface area contributed by atoms with Gasteiger partial charge in [-0.1, -0.05) is 12.1 Å². The molecule has 0 aliphatic rings. The Morgan fingerprint density at radius 3 is 2.61 bits per heavy atom. The second kappa shape index (κ2) is 6.00. The zero-order chi connectivity index (χ0) is 12.8. The Bertz CT molecular complexity index is 497. The summed E-state index contributed by atoms with van der Waals surface area (Å²) in [6.07, 6.45) is 2.53. The molecule has 1 aromatic carbocycles. The Hall–Kier alpha value is -2.10. The SMILES string of the molecule is COc1ccc(CCNc2cc(C)ncn2)cc1. The van der Waals surface area contributed by atoms with Crippen molar-refractivity contribution in [1.82, 2.24) is 9.97 Å². The molecule has 4 nitrogen and oxygen atoms in total. The molecule has 0 amide bonds. The minimum atomic E-state index is 0.850. The Morgan fingerprint density at radius 1 is 1.17 bits per heavy atom. The van der Waals surface area contributed by atoms with Gasteiger partial charge in [-0.25, -0.2) is 9.97 Å². The number of anilines is 1. The first kappa shape index (κ1) is 12.4. The highest BCUT2D eigenvalue weighted by Crippen LogP contribution is 2.11. The molecule has 0 saturated carbocycles. The summed E-state index contributed by atoms with van der Waals surface area (Å²) in [5, 5.41) is 3.28. The molecule has 0 saturated heterocycles. The summed E-state index contributed by atoms with van der Waals surface area (Å²) >= 11 is 0. The number of nitrogens with one attached hydrogen (secondary N) is 1. The van der Waals surface area contributed by atoms with Gasteiger partial charge < -0.3 is 10.1 Å². The third kappa shape index (κ3) is 3.45. The van der Waals surface area contributed by atoms with E-state index in [4.69, 9.17) is 4.74 Å². The van der Waals surface area contributed by atoms with Gasteiger partial charge in [0.25, 0.3) is 0 Å². The highest BCUT2D eigenvalue weighted by atomic mass is 16.5. The van der Waals surface area contributed by atoms with Crippen LogP contribution in [0.1, 0.15) is 11.3 Å². The van der Waals surface area contributed by atoms with Gasteiger partial charge in [-0.05, 0) is 31.0 Å². The fourth-order valence-corrected chi connectivity index (χ4v) is 1.68. The molecule has 18 heavy (non-hydrogen) atoms. The number of hydrogen-bond acceptors (Lipinski definition) is 4. The molecular formula is C14H17N3O. The fourth-order valence-electron chi connectivity index (χ4n) is 1.68. The highest BCUT2D eigenvalue weighted by molar-refractivity contribution is 5.35. The second-order valence-electron chi connectivity index (χ2n) is 4.07. The van der Waals surface area contributed by atoms with Crippen LogP contribution in [-0.4, -0.2) is 23.6 Å². The van der Waals surface area contributed by atoms with Crippen LogP contribution in [-0.2, 0) is 6.42 Å². The van der Waals surface area contributed by atoms with Crippen molar-refractivity contribution in [3.05, 3.63) is 47.9 Å². The summed E-state index contributed by atoms with van der Waals surface area (Å²) in [6, 6.07) is 10.0. The number of benzene rings is 1. The van der Waals surface area contributed by atoms with Crippen molar-refractivity contribution in [2.45, 2.75) is 13.3 Å². The topological polar surface area (TPSA) is 47.0 Å². The number of methoxy groups -OCH3 is 1. The largest absolute Gasteiger partial charge is 0.497 e. The van der Waals surface area contributed by atoms with E-state index in [2.05, 4.69) is 27.4 Å². The Morgan fingerprint density at radius 2 is 1.94 bits per heavy atom. The van der Waals surface area contributed by atoms with E-state index in [1.165, 1.54) is 5.56 Å². The van der Waals surface area contributed by atoms with Crippen LogP contribution in [0.3, 0.4) is 0 Å². The quantitative estimate of drug-likeness (QED) is 0.876. The van der Waals surface area contributed by atoms with Crippen LogP contribution in [0.25, 0.3) is 0 Å².